The van der Waals surface area contributed by atoms with Gasteiger partial charge in [-0.2, -0.15) is 0 Å². The second kappa shape index (κ2) is 4.51. The number of carbonyl (C=O) groups is 1. The molecule has 0 aliphatic heterocycles. The van der Waals surface area contributed by atoms with E-state index in [9.17, 15) is 14.3 Å². The Morgan fingerprint density at radius 2 is 2.16 bits per heavy atom. The van der Waals surface area contributed by atoms with Gasteiger partial charge in [0, 0.05) is 0 Å². The van der Waals surface area contributed by atoms with Crippen molar-refractivity contribution in [2.45, 2.75) is 37.5 Å². The number of benzene rings is 1. The molecule has 0 spiro atoms. The summed E-state index contributed by atoms with van der Waals surface area (Å²) >= 11 is 0. The summed E-state index contributed by atoms with van der Waals surface area (Å²) in [6, 6.07) is 4.59. The monoisotopic (exact) mass is 264 g/mol. The van der Waals surface area contributed by atoms with Crippen molar-refractivity contribution in [3.8, 4) is 5.75 Å². The van der Waals surface area contributed by atoms with Crippen LogP contribution >= 0.6 is 0 Å². The average Bonchev–Trinajstić information content (AvgIpc) is 3.09. The van der Waals surface area contributed by atoms with Gasteiger partial charge in [-0.25, -0.2) is 4.39 Å². The summed E-state index contributed by atoms with van der Waals surface area (Å²) in [5, 5.41) is 9.33. The highest BCUT2D eigenvalue weighted by molar-refractivity contribution is 5.82. The standard InChI is InChI=1S/C15H17FO3/c16-12-8-11(15(14(17)18)6-1-7-15)4-5-13(12)19-9-10-2-3-10/h4-5,8,10H,1-3,6-7,9H2,(H,17,18). The van der Waals surface area contributed by atoms with E-state index in [2.05, 4.69) is 0 Å². The smallest absolute Gasteiger partial charge is 0.314 e. The molecule has 1 aromatic rings. The normalized spacial score (nSPS) is 20.7. The van der Waals surface area contributed by atoms with Crippen molar-refractivity contribution < 1.29 is 19.0 Å². The van der Waals surface area contributed by atoms with Crippen LogP contribution in [0.15, 0.2) is 18.2 Å². The summed E-state index contributed by atoms with van der Waals surface area (Å²) in [4.78, 5) is 11.4. The first-order valence-corrected chi connectivity index (χ1v) is 6.78. The Kier molecular flexibility index (Phi) is 2.96. The van der Waals surface area contributed by atoms with Gasteiger partial charge in [0.1, 0.15) is 0 Å². The van der Waals surface area contributed by atoms with Crippen molar-refractivity contribution >= 4 is 5.97 Å². The van der Waals surface area contributed by atoms with E-state index in [4.69, 9.17) is 4.74 Å². The Morgan fingerprint density at radius 3 is 2.63 bits per heavy atom. The zero-order chi connectivity index (χ0) is 13.5. The molecule has 1 N–H and O–H groups in total. The number of ether oxygens (including phenoxy) is 1. The van der Waals surface area contributed by atoms with Crippen LogP contribution in [-0.4, -0.2) is 17.7 Å². The van der Waals surface area contributed by atoms with Crippen LogP contribution in [0.25, 0.3) is 0 Å². The van der Waals surface area contributed by atoms with E-state index in [1.807, 2.05) is 0 Å². The molecule has 0 bridgehead atoms. The molecule has 2 aliphatic rings. The first-order chi connectivity index (χ1) is 9.12. The zero-order valence-corrected chi connectivity index (χ0v) is 10.7. The van der Waals surface area contributed by atoms with Crippen LogP contribution < -0.4 is 4.74 Å². The molecule has 4 heteroatoms. The van der Waals surface area contributed by atoms with Crippen molar-refractivity contribution in [3.05, 3.63) is 29.6 Å². The molecule has 0 amide bonds. The number of hydrogen-bond donors (Lipinski definition) is 1. The van der Waals surface area contributed by atoms with Crippen molar-refractivity contribution in [3.63, 3.8) is 0 Å². The molecule has 2 saturated carbocycles. The zero-order valence-electron chi connectivity index (χ0n) is 10.7. The maximum absolute atomic E-state index is 14.0. The molecule has 0 saturated heterocycles. The molecule has 0 radical (unpaired) electrons. The molecule has 102 valence electrons. The summed E-state index contributed by atoms with van der Waals surface area (Å²) in [5.41, 5.74) is -0.321. The quantitative estimate of drug-likeness (QED) is 0.888. The molecule has 3 rings (SSSR count). The Labute approximate surface area is 111 Å². The molecule has 1 aromatic carbocycles. The average molecular weight is 264 g/mol. The van der Waals surface area contributed by atoms with Gasteiger partial charge in [-0.05, 0) is 49.3 Å². The van der Waals surface area contributed by atoms with Crippen LogP contribution in [0.2, 0.25) is 0 Å². The minimum absolute atomic E-state index is 0.232. The minimum atomic E-state index is -0.879. The second-order valence-electron chi connectivity index (χ2n) is 5.64. The molecule has 0 atom stereocenters. The van der Waals surface area contributed by atoms with Crippen molar-refractivity contribution in [1.29, 1.82) is 0 Å². The van der Waals surface area contributed by atoms with Crippen molar-refractivity contribution in [1.82, 2.24) is 0 Å². The molecule has 2 aliphatic carbocycles. The van der Waals surface area contributed by atoms with E-state index in [1.165, 1.54) is 6.07 Å². The summed E-state index contributed by atoms with van der Waals surface area (Å²) in [7, 11) is 0. The van der Waals surface area contributed by atoms with Gasteiger partial charge >= 0.3 is 5.97 Å². The Balaban J connectivity index is 1.79. The lowest BCUT2D eigenvalue weighted by Gasteiger charge is -2.38. The summed E-state index contributed by atoms with van der Waals surface area (Å²) in [5.74, 6) is -0.512. The fourth-order valence-electron chi connectivity index (χ4n) is 2.56. The topological polar surface area (TPSA) is 46.5 Å². The second-order valence-corrected chi connectivity index (χ2v) is 5.64. The maximum Gasteiger partial charge on any atom is 0.314 e. The van der Waals surface area contributed by atoms with E-state index in [0.717, 1.165) is 19.3 Å². The maximum atomic E-state index is 14.0. The fourth-order valence-corrected chi connectivity index (χ4v) is 2.56. The first-order valence-electron chi connectivity index (χ1n) is 6.78. The van der Waals surface area contributed by atoms with Crippen LogP contribution in [-0.2, 0) is 10.2 Å². The van der Waals surface area contributed by atoms with Gasteiger partial charge in [0.15, 0.2) is 11.6 Å². The minimum Gasteiger partial charge on any atom is -0.490 e. The van der Waals surface area contributed by atoms with E-state index < -0.39 is 17.2 Å². The lowest BCUT2D eigenvalue weighted by molar-refractivity contribution is -0.147. The predicted octanol–water partition coefficient (Wildman–Crippen LogP) is 3.12. The van der Waals surface area contributed by atoms with E-state index >= 15 is 0 Å². The number of rotatable bonds is 5. The van der Waals surface area contributed by atoms with E-state index in [1.54, 1.807) is 12.1 Å². The van der Waals surface area contributed by atoms with E-state index in [0.29, 0.717) is 30.9 Å². The summed E-state index contributed by atoms with van der Waals surface area (Å²) in [6.07, 6.45) is 4.37. The van der Waals surface area contributed by atoms with Gasteiger partial charge in [-0.15, -0.1) is 0 Å². The van der Waals surface area contributed by atoms with Crippen LogP contribution in [0.3, 0.4) is 0 Å². The molecular formula is C15H17FO3. The molecule has 0 heterocycles. The number of halogens is 1. The SMILES string of the molecule is O=C(O)C1(c2ccc(OCC3CC3)c(F)c2)CCC1. The molecular weight excluding hydrogens is 247 g/mol. The molecule has 3 nitrogen and oxygen atoms in total. The van der Waals surface area contributed by atoms with Crippen LogP contribution in [0.1, 0.15) is 37.7 Å². The highest BCUT2D eigenvalue weighted by Crippen LogP contribution is 2.44. The Morgan fingerprint density at radius 1 is 1.42 bits per heavy atom. The van der Waals surface area contributed by atoms with Gasteiger partial charge in [0.25, 0.3) is 0 Å². The highest BCUT2D eigenvalue weighted by atomic mass is 19.1. The van der Waals surface area contributed by atoms with Crippen LogP contribution in [0, 0.1) is 11.7 Å². The number of aliphatic carboxylic acids is 1. The fraction of sp³-hybridized carbons (Fsp3) is 0.533. The molecule has 19 heavy (non-hydrogen) atoms. The summed E-state index contributed by atoms with van der Waals surface area (Å²) < 4.78 is 19.4. The predicted molar refractivity (Wildman–Crippen MR) is 67.8 cm³/mol. The lowest BCUT2D eigenvalue weighted by Crippen LogP contribution is -2.42. The van der Waals surface area contributed by atoms with Gasteiger partial charge in [0.2, 0.25) is 0 Å². The highest BCUT2D eigenvalue weighted by Gasteiger charge is 2.46. The van der Waals surface area contributed by atoms with Gasteiger partial charge in [-0.3, -0.25) is 4.79 Å². The third-order valence-corrected chi connectivity index (χ3v) is 4.27. The lowest BCUT2D eigenvalue weighted by atomic mass is 9.64. The van der Waals surface area contributed by atoms with Gasteiger partial charge in [0.05, 0.1) is 12.0 Å². The summed E-state index contributed by atoms with van der Waals surface area (Å²) in [6.45, 7) is 0.556. The van der Waals surface area contributed by atoms with Gasteiger partial charge < -0.3 is 9.84 Å². The molecule has 0 unspecified atom stereocenters. The number of carboxylic acid groups (broad SMARTS) is 1. The van der Waals surface area contributed by atoms with Crippen LogP contribution in [0.4, 0.5) is 4.39 Å². The van der Waals surface area contributed by atoms with Crippen LogP contribution in [0.5, 0.6) is 5.75 Å². The van der Waals surface area contributed by atoms with Crippen molar-refractivity contribution in [2.24, 2.45) is 5.92 Å². The largest absolute Gasteiger partial charge is 0.490 e. The van der Waals surface area contributed by atoms with E-state index in [-0.39, 0.29) is 5.75 Å². The number of carboxylic acids is 1. The first kappa shape index (κ1) is 12.5. The Bertz CT molecular complexity index is 504. The molecule has 2 fully saturated rings. The number of hydrogen-bond acceptors (Lipinski definition) is 2. The van der Waals surface area contributed by atoms with Crippen molar-refractivity contribution in [2.75, 3.05) is 6.61 Å². The third-order valence-electron chi connectivity index (χ3n) is 4.27. The Hall–Kier alpha value is -1.58. The molecule has 0 aromatic heterocycles. The third kappa shape index (κ3) is 2.20. The van der Waals surface area contributed by atoms with Gasteiger partial charge in [-0.1, -0.05) is 12.5 Å².